The minimum Gasteiger partial charge on any atom is -0.481 e. The van der Waals surface area contributed by atoms with Crippen LogP contribution < -0.4 is 5.32 Å². The molecule has 3 nitrogen and oxygen atoms in total. The number of carboxylic acid groups (broad SMARTS) is 1. The molecule has 0 spiro atoms. The van der Waals surface area contributed by atoms with Crippen LogP contribution in [-0.2, 0) is 17.8 Å². The summed E-state index contributed by atoms with van der Waals surface area (Å²) in [6, 6.07) is 8.07. The minimum atomic E-state index is -0.786. The van der Waals surface area contributed by atoms with Gasteiger partial charge in [-0.15, -0.1) is 0 Å². The first-order chi connectivity index (χ1) is 8.30. The molecule has 1 aromatic carbocycles. The van der Waals surface area contributed by atoms with Gasteiger partial charge in [0.25, 0.3) is 0 Å². The smallest absolute Gasteiger partial charge is 0.307 e. The van der Waals surface area contributed by atoms with E-state index in [2.05, 4.69) is 33.0 Å². The summed E-state index contributed by atoms with van der Waals surface area (Å²) < 4.78 is 0. The standard InChI is InChI=1S/C15H23NO2/c1-11(15(2,3)4)16-10-13-8-6-5-7-12(13)9-14(17)18/h5-8,11,16H,9-10H2,1-4H3,(H,17,18). The first kappa shape index (κ1) is 14.7. The molecule has 0 fully saturated rings. The van der Waals surface area contributed by atoms with Gasteiger partial charge in [-0.05, 0) is 23.5 Å². The van der Waals surface area contributed by atoms with E-state index in [-0.39, 0.29) is 11.8 Å². The Bertz CT molecular complexity index is 407. The molecular weight excluding hydrogens is 226 g/mol. The van der Waals surface area contributed by atoms with Crippen LogP contribution in [0.1, 0.15) is 38.8 Å². The van der Waals surface area contributed by atoms with E-state index in [0.29, 0.717) is 12.6 Å². The molecule has 0 bridgehead atoms. The molecule has 1 aromatic rings. The highest BCUT2D eigenvalue weighted by Gasteiger charge is 2.19. The van der Waals surface area contributed by atoms with Gasteiger partial charge in [-0.25, -0.2) is 0 Å². The summed E-state index contributed by atoms with van der Waals surface area (Å²) in [7, 11) is 0. The van der Waals surface area contributed by atoms with E-state index < -0.39 is 5.97 Å². The van der Waals surface area contributed by atoms with Gasteiger partial charge in [-0.1, -0.05) is 45.0 Å². The topological polar surface area (TPSA) is 49.3 Å². The van der Waals surface area contributed by atoms with Crippen LogP contribution in [0.5, 0.6) is 0 Å². The van der Waals surface area contributed by atoms with E-state index in [1.165, 1.54) is 0 Å². The van der Waals surface area contributed by atoms with Crippen LogP contribution in [0.4, 0.5) is 0 Å². The van der Waals surface area contributed by atoms with Crippen LogP contribution in [0, 0.1) is 5.41 Å². The number of rotatable bonds is 5. The summed E-state index contributed by atoms with van der Waals surface area (Å²) in [5.74, 6) is -0.786. The Morgan fingerprint density at radius 2 is 1.83 bits per heavy atom. The van der Waals surface area contributed by atoms with Crippen molar-refractivity contribution in [1.82, 2.24) is 5.32 Å². The van der Waals surface area contributed by atoms with Crippen LogP contribution in [0.15, 0.2) is 24.3 Å². The normalized spacial score (nSPS) is 13.3. The molecule has 0 aromatic heterocycles. The molecule has 0 saturated heterocycles. The molecule has 100 valence electrons. The lowest BCUT2D eigenvalue weighted by molar-refractivity contribution is -0.136. The number of carbonyl (C=O) groups is 1. The number of benzene rings is 1. The Labute approximate surface area is 109 Å². The molecule has 0 heterocycles. The van der Waals surface area contributed by atoms with Crippen LogP contribution in [0.2, 0.25) is 0 Å². The fourth-order valence-corrected chi connectivity index (χ4v) is 1.63. The lowest BCUT2D eigenvalue weighted by Gasteiger charge is -2.28. The molecule has 0 amide bonds. The van der Waals surface area contributed by atoms with E-state index in [1.807, 2.05) is 24.3 Å². The van der Waals surface area contributed by atoms with Gasteiger partial charge in [0.1, 0.15) is 0 Å². The van der Waals surface area contributed by atoms with Crippen LogP contribution in [0.25, 0.3) is 0 Å². The van der Waals surface area contributed by atoms with E-state index >= 15 is 0 Å². The molecule has 0 saturated carbocycles. The van der Waals surface area contributed by atoms with E-state index in [1.54, 1.807) is 0 Å². The lowest BCUT2D eigenvalue weighted by atomic mass is 9.88. The van der Waals surface area contributed by atoms with Gasteiger partial charge in [0.15, 0.2) is 0 Å². The second-order valence-corrected chi connectivity index (χ2v) is 5.81. The fraction of sp³-hybridized carbons (Fsp3) is 0.533. The minimum absolute atomic E-state index is 0.0851. The van der Waals surface area contributed by atoms with Crippen molar-refractivity contribution in [2.24, 2.45) is 5.41 Å². The third-order valence-electron chi connectivity index (χ3n) is 3.36. The Morgan fingerprint density at radius 1 is 1.28 bits per heavy atom. The molecule has 0 aliphatic rings. The highest BCUT2D eigenvalue weighted by atomic mass is 16.4. The molecule has 0 aliphatic carbocycles. The molecule has 3 heteroatoms. The summed E-state index contributed by atoms with van der Waals surface area (Å²) in [6.07, 6.45) is 0.0851. The van der Waals surface area contributed by atoms with Gasteiger partial charge >= 0.3 is 5.97 Å². The van der Waals surface area contributed by atoms with Gasteiger partial charge in [-0.3, -0.25) is 4.79 Å². The zero-order valence-corrected chi connectivity index (χ0v) is 11.7. The predicted octanol–water partition coefficient (Wildman–Crippen LogP) is 2.84. The zero-order chi connectivity index (χ0) is 13.8. The molecular formula is C15H23NO2. The van der Waals surface area contributed by atoms with Crippen molar-refractivity contribution in [3.05, 3.63) is 35.4 Å². The predicted molar refractivity (Wildman–Crippen MR) is 73.5 cm³/mol. The summed E-state index contributed by atoms with van der Waals surface area (Å²) in [5, 5.41) is 12.3. The van der Waals surface area contributed by atoms with Crippen LogP contribution >= 0.6 is 0 Å². The van der Waals surface area contributed by atoms with Crippen molar-refractivity contribution in [3.8, 4) is 0 Å². The van der Waals surface area contributed by atoms with Crippen LogP contribution in [-0.4, -0.2) is 17.1 Å². The Morgan fingerprint density at radius 3 is 2.33 bits per heavy atom. The quantitative estimate of drug-likeness (QED) is 0.843. The Kier molecular flexibility index (Phi) is 4.91. The van der Waals surface area contributed by atoms with Crippen molar-refractivity contribution in [2.45, 2.75) is 46.7 Å². The highest BCUT2D eigenvalue weighted by molar-refractivity contribution is 5.70. The van der Waals surface area contributed by atoms with Crippen molar-refractivity contribution < 1.29 is 9.90 Å². The number of hydrogen-bond donors (Lipinski definition) is 2. The van der Waals surface area contributed by atoms with E-state index in [4.69, 9.17) is 5.11 Å². The third kappa shape index (κ3) is 4.49. The van der Waals surface area contributed by atoms with Gasteiger partial charge in [0.05, 0.1) is 6.42 Å². The van der Waals surface area contributed by atoms with Crippen molar-refractivity contribution in [3.63, 3.8) is 0 Å². The fourth-order valence-electron chi connectivity index (χ4n) is 1.63. The van der Waals surface area contributed by atoms with E-state index in [9.17, 15) is 4.79 Å². The number of aliphatic carboxylic acids is 1. The SMILES string of the molecule is CC(NCc1ccccc1CC(=O)O)C(C)(C)C. The maximum atomic E-state index is 10.8. The monoisotopic (exact) mass is 249 g/mol. The molecule has 2 N–H and O–H groups in total. The first-order valence-corrected chi connectivity index (χ1v) is 6.32. The molecule has 1 atom stereocenters. The molecule has 1 rings (SSSR count). The second kappa shape index (κ2) is 6.01. The summed E-state index contributed by atoms with van der Waals surface area (Å²) >= 11 is 0. The van der Waals surface area contributed by atoms with Gasteiger partial charge in [-0.2, -0.15) is 0 Å². The largest absolute Gasteiger partial charge is 0.481 e. The zero-order valence-electron chi connectivity index (χ0n) is 11.7. The van der Waals surface area contributed by atoms with Crippen molar-refractivity contribution in [2.75, 3.05) is 0 Å². The third-order valence-corrected chi connectivity index (χ3v) is 3.36. The van der Waals surface area contributed by atoms with E-state index in [0.717, 1.165) is 11.1 Å². The number of hydrogen-bond acceptors (Lipinski definition) is 2. The van der Waals surface area contributed by atoms with Gasteiger partial charge < -0.3 is 10.4 Å². The summed E-state index contributed by atoms with van der Waals surface area (Å²) in [5.41, 5.74) is 2.15. The van der Waals surface area contributed by atoms with Gasteiger partial charge in [0.2, 0.25) is 0 Å². The lowest BCUT2D eigenvalue weighted by Crippen LogP contribution is -2.37. The Hall–Kier alpha value is -1.35. The van der Waals surface area contributed by atoms with Crippen LogP contribution in [0.3, 0.4) is 0 Å². The molecule has 18 heavy (non-hydrogen) atoms. The molecule has 0 aliphatic heterocycles. The van der Waals surface area contributed by atoms with Crippen molar-refractivity contribution in [1.29, 1.82) is 0 Å². The first-order valence-electron chi connectivity index (χ1n) is 6.32. The number of carboxylic acids is 1. The highest BCUT2D eigenvalue weighted by Crippen LogP contribution is 2.19. The Balaban J connectivity index is 2.70. The van der Waals surface area contributed by atoms with Crippen molar-refractivity contribution >= 4 is 5.97 Å². The maximum Gasteiger partial charge on any atom is 0.307 e. The second-order valence-electron chi connectivity index (χ2n) is 5.81. The summed E-state index contributed by atoms with van der Waals surface area (Å²) in [6.45, 7) is 9.43. The molecule has 1 unspecified atom stereocenters. The molecule has 0 radical (unpaired) electrons. The van der Waals surface area contributed by atoms with Gasteiger partial charge in [0, 0.05) is 12.6 Å². The maximum absolute atomic E-state index is 10.8. The average molecular weight is 249 g/mol. The average Bonchev–Trinajstić information content (AvgIpc) is 2.25. The number of nitrogens with one attached hydrogen (secondary N) is 1. The summed E-state index contributed by atoms with van der Waals surface area (Å²) in [4.78, 5) is 10.8.